The number of hydrogen-bond donors (Lipinski definition) is 2. The van der Waals surface area contributed by atoms with E-state index < -0.39 is 0 Å². The molecular formula is C22H32IN3O3S. The highest BCUT2D eigenvalue weighted by Crippen LogP contribution is 2.29. The Bertz CT molecular complexity index is 761. The Morgan fingerprint density at radius 3 is 2.73 bits per heavy atom. The van der Waals surface area contributed by atoms with Gasteiger partial charge in [-0.3, -0.25) is 4.99 Å². The maximum absolute atomic E-state index is 5.74. The second-order valence-corrected chi connectivity index (χ2v) is 8.17. The van der Waals surface area contributed by atoms with Crippen LogP contribution in [0.5, 0.6) is 5.75 Å². The molecular weight excluding hydrogens is 513 g/mol. The van der Waals surface area contributed by atoms with Gasteiger partial charge in [0.25, 0.3) is 0 Å². The Kier molecular flexibility index (Phi) is 11.5. The Labute approximate surface area is 200 Å². The minimum Gasteiger partial charge on any atom is -0.497 e. The lowest BCUT2D eigenvalue weighted by atomic mass is 10.1. The molecule has 166 valence electrons. The summed E-state index contributed by atoms with van der Waals surface area (Å²) in [6.07, 6.45) is 2.08. The smallest absolute Gasteiger partial charge is 0.191 e. The second kappa shape index (κ2) is 13.8. The molecule has 1 aliphatic rings. The fourth-order valence-corrected chi connectivity index (χ4v) is 4.07. The molecule has 2 heterocycles. The first-order chi connectivity index (χ1) is 14.3. The topological polar surface area (TPSA) is 64.1 Å². The molecule has 0 amide bonds. The molecule has 0 saturated carbocycles. The van der Waals surface area contributed by atoms with Crippen molar-refractivity contribution in [2.24, 2.45) is 10.9 Å². The molecule has 0 aliphatic carbocycles. The van der Waals surface area contributed by atoms with E-state index in [9.17, 15) is 0 Å². The van der Waals surface area contributed by atoms with Gasteiger partial charge < -0.3 is 24.8 Å². The summed E-state index contributed by atoms with van der Waals surface area (Å²) in [6.45, 7) is 4.88. The summed E-state index contributed by atoms with van der Waals surface area (Å²) in [7, 11) is 3.48. The molecule has 6 nitrogen and oxygen atoms in total. The third-order valence-corrected chi connectivity index (χ3v) is 5.96. The summed E-state index contributed by atoms with van der Waals surface area (Å²) in [6, 6.07) is 12.5. The standard InChI is InChI=1S/C22H31N3O3S.HI/c1-23-22(24-11-3-12-27-15-17-10-13-28-16-17)25-14-20-8-9-21(29-20)18-4-6-19(26-2)7-5-18;/h4-9,17H,3,10-16H2,1-2H3,(H2,23,24,25);1H. The monoisotopic (exact) mass is 545 g/mol. The van der Waals surface area contributed by atoms with Crippen molar-refractivity contribution in [1.82, 2.24) is 10.6 Å². The number of halogens is 1. The van der Waals surface area contributed by atoms with Crippen LogP contribution in [0, 0.1) is 5.92 Å². The molecule has 1 atom stereocenters. The quantitative estimate of drug-likeness (QED) is 0.203. The summed E-state index contributed by atoms with van der Waals surface area (Å²) in [5.74, 6) is 2.26. The molecule has 3 rings (SSSR count). The minimum absolute atomic E-state index is 0. The third-order valence-electron chi connectivity index (χ3n) is 4.83. The first-order valence-corrected chi connectivity index (χ1v) is 10.9. The summed E-state index contributed by atoms with van der Waals surface area (Å²) in [5.41, 5.74) is 1.20. The van der Waals surface area contributed by atoms with Gasteiger partial charge in [0.1, 0.15) is 5.75 Å². The second-order valence-electron chi connectivity index (χ2n) is 7.01. The summed E-state index contributed by atoms with van der Waals surface area (Å²) < 4.78 is 16.3. The molecule has 0 bridgehead atoms. The van der Waals surface area contributed by atoms with Crippen LogP contribution in [-0.4, -0.2) is 53.1 Å². The van der Waals surface area contributed by atoms with Gasteiger partial charge in [0, 0.05) is 42.5 Å². The molecule has 0 radical (unpaired) electrons. The van der Waals surface area contributed by atoms with Crippen LogP contribution in [0.3, 0.4) is 0 Å². The van der Waals surface area contributed by atoms with Crippen LogP contribution in [-0.2, 0) is 16.0 Å². The van der Waals surface area contributed by atoms with Crippen LogP contribution in [0.1, 0.15) is 17.7 Å². The fraction of sp³-hybridized carbons (Fsp3) is 0.500. The number of rotatable bonds is 10. The highest BCUT2D eigenvalue weighted by molar-refractivity contribution is 14.0. The Hall–Kier alpha value is -1.36. The molecule has 1 aromatic heterocycles. The maximum atomic E-state index is 5.74. The van der Waals surface area contributed by atoms with Crippen molar-refractivity contribution >= 4 is 41.3 Å². The molecule has 30 heavy (non-hydrogen) atoms. The van der Waals surface area contributed by atoms with Crippen LogP contribution in [0.15, 0.2) is 41.4 Å². The Morgan fingerprint density at radius 1 is 1.20 bits per heavy atom. The van der Waals surface area contributed by atoms with Gasteiger partial charge in [-0.1, -0.05) is 0 Å². The molecule has 2 aromatic rings. The molecule has 1 aromatic carbocycles. The molecule has 0 spiro atoms. The third kappa shape index (κ3) is 8.05. The van der Waals surface area contributed by atoms with Gasteiger partial charge >= 0.3 is 0 Å². The van der Waals surface area contributed by atoms with Crippen LogP contribution < -0.4 is 15.4 Å². The van der Waals surface area contributed by atoms with Gasteiger partial charge in [0.05, 0.1) is 26.9 Å². The van der Waals surface area contributed by atoms with E-state index in [-0.39, 0.29) is 24.0 Å². The predicted molar refractivity (Wildman–Crippen MR) is 134 cm³/mol. The molecule has 8 heteroatoms. The molecule has 1 aliphatic heterocycles. The van der Waals surface area contributed by atoms with Gasteiger partial charge in [-0.05, 0) is 54.8 Å². The van der Waals surface area contributed by atoms with Gasteiger partial charge in [-0.2, -0.15) is 0 Å². The summed E-state index contributed by atoms with van der Waals surface area (Å²) in [4.78, 5) is 6.81. The minimum atomic E-state index is 0. The number of nitrogens with one attached hydrogen (secondary N) is 2. The number of guanidine groups is 1. The number of hydrogen-bond acceptors (Lipinski definition) is 5. The van der Waals surface area contributed by atoms with Gasteiger partial charge in [-0.15, -0.1) is 35.3 Å². The lowest BCUT2D eigenvalue weighted by Crippen LogP contribution is -2.37. The van der Waals surface area contributed by atoms with Crippen molar-refractivity contribution in [3.05, 3.63) is 41.3 Å². The highest BCUT2D eigenvalue weighted by atomic mass is 127. The molecule has 1 fully saturated rings. The van der Waals surface area contributed by atoms with E-state index in [1.165, 1.54) is 15.3 Å². The van der Waals surface area contributed by atoms with Crippen LogP contribution in [0.25, 0.3) is 10.4 Å². The maximum Gasteiger partial charge on any atom is 0.191 e. The predicted octanol–water partition coefficient (Wildman–Crippen LogP) is 4.15. The molecule has 1 saturated heterocycles. The van der Waals surface area contributed by atoms with Crippen LogP contribution in [0.4, 0.5) is 0 Å². The Balaban J connectivity index is 0.00000320. The zero-order valence-electron chi connectivity index (χ0n) is 17.7. The zero-order valence-corrected chi connectivity index (χ0v) is 20.8. The van der Waals surface area contributed by atoms with Crippen molar-refractivity contribution < 1.29 is 14.2 Å². The average Bonchev–Trinajstić information content (AvgIpc) is 3.45. The van der Waals surface area contributed by atoms with E-state index in [2.05, 4.69) is 39.9 Å². The fourth-order valence-electron chi connectivity index (χ4n) is 3.12. The van der Waals surface area contributed by atoms with Crippen molar-refractivity contribution in [3.8, 4) is 16.2 Å². The molecule has 1 unspecified atom stereocenters. The number of methoxy groups -OCH3 is 1. The normalized spacial score (nSPS) is 16.2. The van der Waals surface area contributed by atoms with Crippen LogP contribution in [0.2, 0.25) is 0 Å². The number of thiophene rings is 1. The van der Waals surface area contributed by atoms with Crippen molar-refractivity contribution in [2.45, 2.75) is 19.4 Å². The first kappa shape index (κ1) is 24.9. The van der Waals surface area contributed by atoms with E-state index in [0.29, 0.717) is 5.92 Å². The largest absolute Gasteiger partial charge is 0.497 e. The number of ether oxygens (including phenoxy) is 3. The number of aliphatic imine (C=N–C) groups is 1. The van der Waals surface area contributed by atoms with E-state index >= 15 is 0 Å². The van der Waals surface area contributed by atoms with Crippen molar-refractivity contribution in [1.29, 1.82) is 0 Å². The van der Waals surface area contributed by atoms with Gasteiger partial charge in [0.2, 0.25) is 0 Å². The summed E-state index contributed by atoms with van der Waals surface area (Å²) >= 11 is 1.78. The van der Waals surface area contributed by atoms with Gasteiger partial charge in [0.15, 0.2) is 5.96 Å². The molecule has 2 N–H and O–H groups in total. The van der Waals surface area contributed by atoms with E-state index in [1.54, 1.807) is 25.5 Å². The van der Waals surface area contributed by atoms with Crippen molar-refractivity contribution in [2.75, 3.05) is 47.1 Å². The van der Waals surface area contributed by atoms with Gasteiger partial charge in [-0.25, -0.2) is 0 Å². The average molecular weight is 545 g/mol. The SMILES string of the molecule is CN=C(NCCCOCC1CCOC1)NCc1ccc(-c2ccc(OC)cc2)s1.I. The van der Waals surface area contributed by atoms with Crippen molar-refractivity contribution in [3.63, 3.8) is 0 Å². The van der Waals surface area contributed by atoms with Crippen LogP contribution >= 0.6 is 35.3 Å². The number of benzene rings is 1. The van der Waals surface area contributed by atoms with E-state index in [0.717, 1.165) is 64.1 Å². The zero-order chi connectivity index (χ0) is 20.3. The Morgan fingerprint density at radius 2 is 2.03 bits per heavy atom. The lowest BCUT2D eigenvalue weighted by molar-refractivity contribution is 0.0888. The number of nitrogens with zero attached hydrogens (tertiary/aromatic N) is 1. The highest BCUT2D eigenvalue weighted by Gasteiger charge is 2.15. The summed E-state index contributed by atoms with van der Waals surface area (Å²) in [5, 5.41) is 6.72. The first-order valence-electron chi connectivity index (χ1n) is 10.1. The lowest BCUT2D eigenvalue weighted by Gasteiger charge is -2.12. The van der Waals surface area contributed by atoms with E-state index in [4.69, 9.17) is 14.2 Å². The van der Waals surface area contributed by atoms with E-state index in [1.807, 2.05) is 12.1 Å².